The number of ether oxygens (including phenoxy) is 2. The van der Waals surface area contributed by atoms with E-state index in [1.54, 1.807) is 12.1 Å². The highest BCUT2D eigenvalue weighted by molar-refractivity contribution is 9.10. The molecule has 4 rings (SSSR count). The minimum Gasteiger partial charge on any atom is -0.427 e. The van der Waals surface area contributed by atoms with Gasteiger partial charge in [-0.1, -0.05) is 15.9 Å². The molecular weight excluding hydrogens is 554 g/mol. The van der Waals surface area contributed by atoms with Crippen molar-refractivity contribution in [1.82, 2.24) is 9.21 Å². The fraction of sp³-hybridized carbons (Fsp3) is 0.375. The van der Waals surface area contributed by atoms with Crippen molar-refractivity contribution in [3.05, 3.63) is 53.0 Å². The average Bonchev–Trinajstić information content (AvgIpc) is 3.13. The molecule has 0 radical (unpaired) electrons. The van der Waals surface area contributed by atoms with Gasteiger partial charge in [-0.25, -0.2) is 13.3 Å². The largest absolute Gasteiger partial charge is 0.427 e. The van der Waals surface area contributed by atoms with E-state index >= 15 is 0 Å². The zero-order chi connectivity index (χ0) is 25.9. The van der Waals surface area contributed by atoms with E-state index < -0.39 is 33.8 Å². The Morgan fingerprint density at radius 3 is 2.33 bits per heavy atom. The van der Waals surface area contributed by atoms with Crippen molar-refractivity contribution in [3.63, 3.8) is 0 Å². The van der Waals surface area contributed by atoms with E-state index in [2.05, 4.69) is 20.8 Å². The molecule has 192 valence electrons. The number of esters is 1. The molecule has 2 fully saturated rings. The van der Waals surface area contributed by atoms with Gasteiger partial charge in [-0.3, -0.25) is 19.3 Å². The van der Waals surface area contributed by atoms with Gasteiger partial charge >= 0.3 is 5.97 Å². The number of anilines is 1. The molecule has 2 saturated heterocycles. The highest BCUT2D eigenvalue weighted by atomic mass is 79.9. The first-order valence-corrected chi connectivity index (χ1v) is 13.6. The number of rotatable bonds is 8. The van der Waals surface area contributed by atoms with Crippen LogP contribution in [0.3, 0.4) is 0 Å². The van der Waals surface area contributed by atoms with Gasteiger partial charge in [0.05, 0.1) is 30.2 Å². The lowest BCUT2D eigenvalue weighted by Gasteiger charge is -2.31. The van der Waals surface area contributed by atoms with Crippen molar-refractivity contribution >= 4 is 49.4 Å². The Hall–Kier alpha value is -2.64. The van der Waals surface area contributed by atoms with E-state index in [0.717, 1.165) is 13.7 Å². The van der Waals surface area contributed by atoms with Gasteiger partial charge in [0, 0.05) is 37.6 Å². The van der Waals surface area contributed by atoms with Crippen molar-refractivity contribution in [3.8, 4) is 5.75 Å². The molecular formula is C24H26BrN3O7S. The topological polar surface area (TPSA) is 114 Å². The summed E-state index contributed by atoms with van der Waals surface area (Å²) >= 11 is 3.31. The van der Waals surface area contributed by atoms with E-state index in [-0.39, 0.29) is 29.3 Å². The van der Waals surface area contributed by atoms with Crippen LogP contribution in [0.15, 0.2) is 57.9 Å². The number of sulfonamides is 1. The molecule has 0 saturated carbocycles. The number of nitrogens with zero attached hydrogens (tertiary/aromatic N) is 3. The van der Waals surface area contributed by atoms with Crippen LogP contribution in [0.25, 0.3) is 0 Å². The predicted molar refractivity (Wildman–Crippen MR) is 134 cm³/mol. The van der Waals surface area contributed by atoms with E-state index in [1.807, 2.05) is 0 Å². The molecule has 12 heteroatoms. The minimum atomic E-state index is -4.09. The maximum absolute atomic E-state index is 13.7. The quantitative estimate of drug-likeness (QED) is 0.265. The molecule has 1 unspecified atom stereocenters. The molecule has 0 N–H and O–H groups in total. The fourth-order valence-electron chi connectivity index (χ4n) is 4.19. The van der Waals surface area contributed by atoms with Crippen LogP contribution in [0.5, 0.6) is 5.75 Å². The molecule has 0 bridgehead atoms. The van der Waals surface area contributed by atoms with E-state index in [4.69, 9.17) is 9.47 Å². The third-order valence-corrected chi connectivity index (χ3v) is 8.44. The number of amides is 2. The summed E-state index contributed by atoms with van der Waals surface area (Å²) in [4.78, 5) is 40.7. The summed E-state index contributed by atoms with van der Waals surface area (Å²) < 4.78 is 39.6. The number of morpholine rings is 1. The van der Waals surface area contributed by atoms with Crippen LogP contribution >= 0.6 is 15.9 Å². The Morgan fingerprint density at radius 2 is 1.72 bits per heavy atom. The van der Waals surface area contributed by atoms with Gasteiger partial charge in [0.1, 0.15) is 11.8 Å². The fourth-order valence-corrected chi connectivity index (χ4v) is 6.03. The second kappa shape index (κ2) is 11.2. The molecule has 2 aliphatic heterocycles. The minimum absolute atomic E-state index is 0.0390. The maximum atomic E-state index is 13.7. The second-order valence-electron chi connectivity index (χ2n) is 8.40. The summed E-state index contributed by atoms with van der Waals surface area (Å²) in [6.07, 6.45) is -0.274. The number of hydrogen-bond acceptors (Lipinski definition) is 8. The monoisotopic (exact) mass is 579 g/mol. The lowest BCUT2D eigenvalue weighted by atomic mass is 10.2. The van der Waals surface area contributed by atoms with Gasteiger partial charge in [0.2, 0.25) is 15.9 Å². The van der Waals surface area contributed by atoms with Crippen LogP contribution in [0.4, 0.5) is 5.69 Å². The SMILES string of the molecule is CC(=O)Oc1ccc(N2C(=O)CC(N(CCN3CCOCC3)S(=O)(=O)c3ccc(Br)cc3)C2=O)cc1. The maximum Gasteiger partial charge on any atom is 0.308 e. The Morgan fingerprint density at radius 1 is 1.08 bits per heavy atom. The van der Waals surface area contributed by atoms with Gasteiger partial charge in [-0.2, -0.15) is 4.31 Å². The molecule has 0 aliphatic carbocycles. The van der Waals surface area contributed by atoms with Crippen LogP contribution in [0, 0.1) is 0 Å². The number of hydrogen-bond donors (Lipinski definition) is 0. The van der Waals surface area contributed by atoms with Gasteiger partial charge in [-0.05, 0) is 48.5 Å². The highest BCUT2D eigenvalue weighted by Gasteiger charge is 2.47. The van der Waals surface area contributed by atoms with Gasteiger partial charge < -0.3 is 9.47 Å². The second-order valence-corrected chi connectivity index (χ2v) is 11.2. The van der Waals surface area contributed by atoms with Crippen LogP contribution in [0.2, 0.25) is 0 Å². The van der Waals surface area contributed by atoms with Crippen molar-refractivity contribution in [2.24, 2.45) is 0 Å². The number of imide groups is 1. The smallest absolute Gasteiger partial charge is 0.308 e. The molecule has 2 aromatic carbocycles. The number of benzene rings is 2. The normalized spacial score (nSPS) is 19.2. The summed E-state index contributed by atoms with van der Waals surface area (Å²) in [6, 6.07) is 10.9. The molecule has 2 aliphatic rings. The lowest BCUT2D eigenvalue weighted by Crippen LogP contribution is -2.49. The van der Waals surface area contributed by atoms with Gasteiger partial charge in [0.25, 0.3) is 5.91 Å². The summed E-state index contributed by atoms with van der Waals surface area (Å²) in [7, 11) is -4.09. The first-order chi connectivity index (χ1) is 17.2. The van der Waals surface area contributed by atoms with E-state index in [0.29, 0.717) is 32.8 Å². The van der Waals surface area contributed by atoms with Crippen molar-refractivity contribution in [1.29, 1.82) is 0 Å². The van der Waals surface area contributed by atoms with Crippen LogP contribution in [0.1, 0.15) is 13.3 Å². The molecule has 2 amide bonds. The number of carbonyl (C=O) groups is 3. The van der Waals surface area contributed by atoms with Crippen molar-refractivity contribution < 1.29 is 32.3 Å². The van der Waals surface area contributed by atoms with Crippen LogP contribution in [-0.4, -0.2) is 80.8 Å². The molecule has 36 heavy (non-hydrogen) atoms. The van der Waals surface area contributed by atoms with Gasteiger partial charge in [0.15, 0.2) is 0 Å². The van der Waals surface area contributed by atoms with E-state index in [9.17, 15) is 22.8 Å². The zero-order valence-corrected chi connectivity index (χ0v) is 22.0. The summed E-state index contributed by atoms with van der Waals surface area (Å²) in [5.41, 5.74) is 0.276. The summed E-state index contributed by atoms with van der Waals surface area (Å²) in [6.45, 7) is 4.13. The van der Waals surface area contributed by atoms with Gasteiger partial charge in [-0.15, -0.1) is 0 Å². The van der Waals surface area contributed by atoms with Crippen molar-refractivity contribution in [2.75, 3.05) is 44.3 Å². The van der Waals surface area contributed by atoms with Crippen LogP contribution in [-0.2, 0) is 29.1 Å². The molecule has 0 spiro atoms. The van der Waals surface area contributed by atoms with E-state index in [1.165, 1.54) is 43.3 Å². The molecule has 2 aromatic rings. The first-order valence-electron chi connectivity index (χ1n) is 11.4. The van der Waals surface area contributed by atoms with Crippen LogP contribution < -0.4 is 9.64 Å². The third kappa shape index (κ3) is 5.84. The number of halogens is 1. The summed E-state index contributed by atoms with van der Waals surface area (Å²) in [5.74, 6) is -1.35. The lowest BCUT2D eigenvalue weighted by molar-refractivity contribution is -0.132. The Labute approximate surface area is 217 Å². The number of carbonyl (C=O) groups excluding carboxylic acids is 3. The molecule has 10 nitrogen and oxygen atoms in total. The Balaban J connectivity index is 1.61. The predicted octanol–water partition coefficient (Wildman–Crippen LogP) is 2.03. The third-order valence-electron chi connectivity index (χ3n) is 5.99. The first kappa shape index (κ1) is 26.4. The average molecular weight is 580 g/mol. The summed E-state index contributed by atoms with van der Waals surface area (Å²) in [5, 5.41) is 0. The zero-order valence-electron chi connectivity index (χ0n) is 19.6. The van der Waals surface area contributed by atoms with Crippen molar-refractivity contribution in [2.45, 2.75) is 24.3 Å². The standard InChI is InChI=1S/C24H26BrN3O7S/c1-17(29)35-20-6-4-19(5-7-20)28-23(30)16-22(24(28)31)27(11-10-26-12-14-34-15-13-26)36(32,33)21-8-2-18(25)3-9-21/h2-9,22H,10-16H2,1H3. The Bertz CT molecular complexity index is 1230. The molecule has 2 heterocycles. The highest BCUT2D eigenvalue weighted by Crippen LogP contribution is 2.30. The molecule has 0 aromatic heterocycles. The molecule has 1 atom stereocenters. The Kier molecular flexibility index (Phi) is 8.20.